The van der Waals surface area contributed by atoms with Gasteiger partial charge in [-0.25, -0.2) is 9.78 Å². The number of hydrogen-bond donors (Lipinski definition) is 1. The average Bonchev–Trinajstić information content (AvgIpc) is 2.25. The predicted octanol–water partition coefficient (Wildman–Crippen LogP) is 2.33. The molecule has 88 valence electrons. The molecule has 0 fully saturated rings. The summed E-state index contributed by atoms with van der Waals surface area (Å²) < 4.78 is 4.61. The number of anilines is 1. The first-order chi connectivity index (χ1) is 7.42. The quantitative estimate of drug-likeness (QED) is 0.797. The van der Waals surface area contributed by atoms with E-state index in [1.165, 1.54) is 7.11 Å². The Balaban J connectivity index is 2.71. The van der Waals surface area contributed by atoms with Gasteiger partial charge >= 0.3 is 5.97 Å². The average molecular weight is 222 g/mol. The summed E-state index contributed by atoms with van der Waals surface area (Å²) in [6, 6.07) is 3.52. The van der Waals surface area contributed by atoms with Crippen molar-refractivity contribution >= 4 is 11.7 Å². The Labute approximate surface area is 96.0 Å². The third-order valence-electron chi connectivity index (χ3n) is 1.98. The van der Waals surface area contributed by atoms with Crippen LogP contribution >= 0.6 is 0 Å². The number of esters is 1. The maximum Gasteiger partial charge on any atom is 0.356 e. The Morgan fingerprint density at radius 3 is 2.75 bits per heavy atom. The summed E-state index contributed by atoms with van der Waals surface area (Å²) in [6.45, 7) is 7.25. The van der Waals surface area contributed by atoms with E-state index in [1.54, 1.807) is 12.3 Å². The number of rotatable bonds is 3. The normalized spacial score (nSPS) is 11.0. The zero-order valence-electron chi connectivity index (χ0n) is 10.2. The highest BCUT2D eigenvalue weighted by molar-refractivity contribution is 5.88. The number of carbonyl (C=O) groups excluding carboxylic acids is 1. The van der Waals surface area contributed by atoms with Gasteiger partial charge in [-0.1, -0.05) is 20.8 Å². The van der Waals surface area contributed by atoms with Crippen LogP contribution in [0.3, 0.4) is 0 Å². The van der Waals surface area contributed by atoms with E-state index in [9.17, 15) is 4.79 Å². The largest absolute Gasteiger partial charge is 0.464 e. The number of aromatic nitrogens is 1. The maximum atomic E-state index is 11.3. The van der Waals surface area contributed by atoms with Crippen molar-refractivity contribution in [1.82, 2.24) is 4.98 Å². The predicted molar refractivity (Wildman–Crippen MR) is 63.5 cm³/mol. The summed E-state index contributed by atoms with van der Waals surface area (Å²) in [4.78, 5) is 15.2. The minimum atomic E-state index is -0.417. The molecule has 4 heteroatoms. The fraction of sp³-hybridized carbons (Fsp3) is 0.500. The van der Waals surface area contributed by atoms with Crippen molar-refractivity contribution in [2.24, 2.45) is 5.41 Å². The van der Waals surface area contributed by atoms with E-state index in [0.717, 1.165) is 12.2 Å². The van der Waals surface area contributed by atoms with E-state index in [-0.39, 0.29) is 5.41 Å². The van der Waals surface area contributed by atoms with Crippen LogP contribution in [0.25, 0.3) is 0 Å². The second-order valence-electron chi connectivity index (χ2n) is 4.84. The molecule has 1 aromatic heterocycles. The minimum Gasteiger partial charge on any atom is -0.464 e. The van der Waals surface area contributed by atoms with Gasteiger partial charge in [-0.15, -0.1) is 0 Å². The summed E-state index contributed by atoms with van der Waals surface area (Å²) >= 11 is 0. The third-order valence-corrected chi connectivity index (χ3v) is 1.98. The first-order valence-electron chi connectivity index (χ1n) is 5.20. The molecule has 0 saturated heterocycles. The van der Waals surface area contributed by atoms with Crippen molar-refractivity contribution < 1.29 is 9.53 Å². The monoisotopic (exact) mass is 222 g/mol. The second-order valence-corrected chi connectivity index (χ2v) is 4.84. The smallest absolute Gasteiger partial charge is 0.356 e. The van der Waals surface area contributed by atoms with Gasteiger partial charge in [-0.2, -0.15) is 0 Å². The Kier molecular flexibility index (Phi) is 3.88. The van der Waals surface area contributed by atoms with Crippen LogP contribution in [0.4, 0.5) is 5.69 Å². The number of carbonyl (C=O) groups is 1. The molecule has 0 radical (unpaired) electrons. The van der Waals surface area contributed by atoms with Crippen molar-refractivity contribution in [3.8, 4) is 0 Å². The number of hydrogen-bond acceptors (Lipinski definition) is 4. The molecule has 0 amide bonds. The number of pyridine rings is 1. The van der Waals surface area contributed by atoms with Crippen molar-refractivity contribution in [2.75, 3.05) is 19.0 Å². The summed E-state index contributed by atoms with van der Waals surface area (Å²) in [6.07, 6.45) is 1.59. The number of methoxy groups -OCH3 is 1. The van der Waals surface area contributed by atoms with Crippen LogP contribution in [0.2, 0.25) is 0 Å². The molecule has 1 N–H and O–H groups in total. The molecular formula is C12H18N2O2. The molecule has 0 atom stereocenters. The van der Waals surface area contributed by atoms with Gasteiger partial charge < -0.3 is 10.1 Å². The van der Waals surface area contributed by atoms with E-state index in [1.807, 2.05) is 6.07 Å². The molecule has 1 rings (SSSR count). The van der Waals surface area contributed by atoms with Gasteiger partial charge in [0, 0.05) is 18.4 Å². The SMILES string of the molecule is COC(=O)c1cc(NCC(C)(C)C)ccn1. The lowest BCUT2D eigenvalue weighted by Gasteiger charge is -2.19. The first kappa shape index (κ1) is 12.5. The van der Waals surface area contributed by atoms with Gasteiger partial charge in [0.25, 0.3) is 0 Å². The van der Waals surface area contributed by atoms with Crippen LogP contribution in [0.1, 0.15) is 31.3 Å². The van der Waals surface area contributed by atoms with E-state index in [4.69, 9.17) is 0 Å². The second kappa shape index (κ2) is 4.96. The molecule has 0 aromatic carbocycles. The number of ether oxygens (including phenoxy) is 1. The molecule has 4 nitrogen and oxygen atoms in total. The van der Waals surface area contributed by atoms with Crippen LogP contribution < -0.4 is 5.32 Å². The van der Waals surface area contributed by atoms with Crippen LogP contribution in [0, 0.1) is 5.41 Å². The lowest BCUT2D eigenvalue weighted by atomic mass is 9.97. The third kappa shape index (κ3) is 3.88. The van der Waals surface area contributed by atoms with Gasteiger partial charge in [-0.3, -0.25) is 0 Å². The van der Waals surface area contributed by atoms with E-state index >= 15 is 0 Å². The van der Waals surface area contributed by atoms with Crippen molar-refractivity contribution in [3.63, 3.8) is 0 Å². The zero-order valence-corrected chi connectivity index (χ0v) is 10.2. The highest BCUT2D eigenvalue weighted by Crippen LogP contribution is 2.15. The summed E-state index contributed by atoms with van der Waals surface area (Å²) in [5.74, 6) is -0.417. The minimum absolute atomic E-state index is 0.189. The maximum absolute atomic E-state index is 11.3. The summed E-state index contributed by atoms with van der Waals surface area (Å²) in [5, 5.41) is 3.26. The molecule has 0 bridgehead atoms. The fourth-order valence-electron chi connectivity index (χ4n) is 1.12. The van der Waals surface area contributed by atoms with Crippen molar-refractivity contribution in [1.29, 1.82) is 0 Å². The number of nitrogens with zero attached hydrogens (tertiary/aromatic N) is 1. The van der Waals surface area contributed by atoms with Crippen LogP contribution in [0.15, 0.2) is 18.3 Å². The molecule has 0 saturated carbocycles. The van der Waals surface area contributed by atoms with Gasteiger partial charge in [-0.05, 0) is 17.5 Å². The Hall–Kier alpha value is -1.58. The molecule has 1 aromatic rings. The topological polar surface area (TPSA) is 51.2 Å². The molecule has 1 heterocycles. The van der Waals surface area contributed by atoms with E-state index < -0.39 is 5.97 Å². The van der Waals surface area contributed by atoms with Gasteiger partial charge in [0.05, 0.1) is 7.11 Å². The van der Waals surface area contributed by atoms with Crippen molar-refractivity contribution in [3.05, 3.63) is 24.0 Å². The highest BCUT2D eigenvalue weighted by atomic mass is 16.5. The van der Waals surface area contributed by atoms with E-state index in [2.05, 4.69) is 35.8 Å². The summed E-state index contributed by atoms with van der Waals surface area (Å²) in [5.41, 5.74) is 1.39. The fourth-order valence-corrected chi connectivity index (χ4v) is 1.12. The van der Waals surface area contributed by atoms with Crippen LogP contribution in [-0.2, 0) is 4.74 Å². The highest BCUT2D eigenvalue weighted by Gasteiger charge is 2.11. The molecule has 0 unspecified atom stereocenters. The van der Waals surface area contributed by atoms with Gasteiger partial charge in [0.2, 0.25) is 0 Å². The van der Waals surface area contributed by atoms with Crippen molar-refractivity contribution in [2.45, 2.75) is 20.8 Å². The Bertz CT molecular complexity index is 370. The zero-order chi connectivity index (χ0) is 12.2. The lowest BCUT2D eigenvalue weighted by Crippen LogP contribution is -2.19. The molecule has 0 aliphatic rings. The molecule has 0 spiro atoms. The Morgan fingerprint density at radius 1 is 1.50 bits per heavy atom. The van der Waals surface area contributed by atoms with Crippen LogP contribution in [-0.4, -0.2) is 24.6 Å². The number of nitrogens with one attached hydrogen (secondary N) is 1. The molecular weight excluding hydrogens is 204 g/mol. The Morgan fingerprint density at radius 2 is 2.19 bits per heavy atom. The van der Waals surface area contributed by atoms with E-state index in [0.29, 0.717) is 5.69 Å². The van der Waals surface area contributed by atoms with Gasteiger partial charge in [0.15, 0.2) is 0 Å². The lowest BCUT2D eigenvalue weighted by molar-refractivity contribution is 0.0594. The standard InChI is InChI=1S/C12H18N2O2/c1-12(2,3)8-14-9-5-6-13-10(7-9)11(15)16-4/h5-7H,8H2,1-4H3,(H,13,14). The molecule has 0 aliphatic heterocycles. The van der Waals surface area contributed by atoms with Gasteiger partial charge in [0.1, 0.15) is 5.69 Å². The molecule has 16 heavy (non-hydrogen) atoms. The molecule has 0 aliphatic carbocycles. The summed E-state index contributed by atoms with van der Waals surface area (Å²) in [7, 11) is 1.35. The first-order valence-corrected chi connectivity index (χ1v) is 5.20. The van der Waals surface area contributed by atoms with Crippen LogP contribution in [0.5, 0.6) is 0 Å².